The second-order valence-electron chi connectivity index (χ2n) is 3.60. The van der Waals surface area contributed by atoms with Gasteiger partial charge in [0, 0.05) is 24.8 Å². The minimum Gasteiger partial charge on any atom is -0.356 e. The van der Waals surface area contributed by atoms with Crippen LogP contribution in [0, 0.1) is 11.8 Å². The first-order valence-electron chi connectivity index (χ1n) is 4.41. The Bertz CT molecular complexity index is 199. The maximum Gasteiger partial charge on any atom is 0.220 e. The van der Waals surface area contributed by atoms with E-state index in [0.29, 0.717) is 13.0 Å². The predicted molar refractivity (Wildman–Crippen MR) is 45.6 cm³/mol. The minimum atomic E-state index is -0.0289. The monoisotopic (exact) mass is 169 g/mol. The first-order chi connectivity index (χ1) is 5.61. The molecule has 1 rings (SSSR count). The van der Waals surface area contributed by atoms with Crippen molar-refractivity contribution in [1.82, 2.24) is 5.32 Å². The first-order valence-corrected chi connectivity index (χ1v) is 4.41. The molecule has 3 nitrogen and oxygen atoms in total. The normalized spacial score (nSPS) is 23.9. The van der Waals surface area contributed by atoms with Gasteiger partial charge in [0.15, 0.2) is 0 Å². The summed E-state index contributed by atoms with van der Waals surface area (Å²) in [5, 5.41) is 2.71. The Hall–Kier alpha value is -0.860. The third-order valence-electron chi connectivity index (χ3n) is 2.22. The van der Waals surface area contributed by atoms with Gasteiger partial charge in [-0.25, -0.2) is 0 Å². The largest absolute Gasteiger partial charge is 0.356 e. The van der Waals surface area contributed by atoms with Crippen molar-refractivity contribution in [2.75, 3.05) is 6.54 Å². The minimum absolute atomic E-state index is 0.0141. The standard InChI is InChI=1S/C9H15NO2/c1-6(2)9(12)7-3-4-10-8(11)5-7/h6-7H,3-5H2,1-2H3,(H,10,11). The summed E-state index contributed by atoms with van der Waals surface area (Å²) in [6, 6.07) is 0. The summed E-state index contributed by atoms with van der Waals surface area (Å²) < 4.78 is 0. The predicted octanol–water partition coefficient (Wildman–Crippen LogP) is 0.738. The van der Waals surface area contributed by atoms with Gasteiger partial charge in [0.1, 0.15) is 5.78 Å². The Balaban J connectivity index is 2.51. The lowest BCUT2D eigenvalue weighted by Gasteiger charge is -2.22. The number of piperidine rings is 1. The van der Waals surface area contributed by atoms with E-state index in [-0.39, 0.29) is 23.5 Å². The van der Waals surface area contributed by atoms with Crippen LogP contribution in [0.1, 0.15) is 26.7 Å². The van der Waals surface area contributed by atoms with E-state index in [1.165, 1.54) is 0 Å². The highest BCUT2D eigenvalue weighted by Gasteiger charge is 2.26. The zero-order chi connectivity index (χ0) is 9.14. The fourth-order valence-electron chi connectivity index (χ4n) is 1.50. The molecule has 0 spiro atoms. The summed E-state index contributed by atoms with van der Waals surface area (Å²) >= 11 is 0. The maximum atomic E-state index is 11.5. The van der Waals surface area contributed by atoms with Crippen molar-refractivity contribution < 1.29 is 9.59 Å². The van der Waals surface area contributed by atoms with E-state index in [1.807, 2.05) is 13.8 Å². The molecular weight excluding hydrogens is 154 g/mol. The van der Waals surface area contributed by atoms with Gasteiger partial charge in [-0.3, -0.25) is 9.59 Å². The van der Waals surface area contributed by atoms with Crippen LogP contribution < -0.4 is 5.32 Å². The molecule has 1 aliphatic rings. The van der Waals surface area contributed by atoms with Crippen molar-refractivity contribution in [2.24, 2.45) is 11.8 Å². The number of rotatable bonds is 2. The molecule has 0 bridgehead atoms. The van der Waals surface area contributed by atoms with E-state index < -0.39 is 0 Å². The number of ketones is 1. The Labute approximate surface area is 72.5 Å². The van der Waals surface area contributed by atoms with Gasteiger partial charge in [0.2, 0.25) is 5.91 Å². The molecule has 1 fully saturated rings. The van der Waals surface area contributed by atoms with Crippen LogP contribution in [-0.4, -0.2) is 18.2 Å². The highest BCUT2D eigenvalue weighted by molar-refractivity contribution is 5.89. The highest BCUT2D eigenvalue weighted by Crippen LogP contribution is 2.17. The van der Waals surface area contributed by atoms with Gasteiger partial charge < -0.3 is 5.32 Å². The molecule has 0 aromatic rings. The second kappa shape index (κ2) is 3.70. The lowest BCUT2D eigenvalue weighted by Crippen LogP contribution is -2.37. The quantitative estimate of drug-likeness (QED) is 0.662. The summed E-state index contributed by atoms with van der Waals surface area (Å²) in [5.74, 6) is 0.268. The molecule has 0 aromatic heterocycles. The molecule has 0 aromatic carbocycles. The molecule has 1 aliphatic heterocycles. The van der Waals surface area contributed by atoms with Crippen molar-refractivity contribution in [1.29, 1.82) is 0 Å². The molecule has 1 amide bonds. The van der Waals surface area contributed by atoms with E-state index in [2.05, 4.69) is 5.32 Å². The van der Waals surface area contributed by atoms with Crippen LogP contribution in [0.2, 0.25) is 0 Å². The van der Waals surface area contributed by atoms with Crippen LogP contribution in [0.25, 0.3) is 0 Å². The summed E-state index contributed by atoms with van der Waals surface area (Å²) in [4.78, 5) is 22.4. The zero-order valence-electron chi connectivity index (χ0n) is 7.59. The molecule has 0 aliphatic carbocycles. The van der Waals surface area contributed by atoms with E-state index in [0.717, 1.165) is 6.42 Å². The summed E-state index contributed by atoms with van der Waals surface area (Å²) in [6.07, 6.45) is 1.19. The molecule has 0 radical (unpaired) electrons. The van der Waals surface area contributed by atoms with Crippen molar-refractivity contribution in [3.63, 3.8) is 0 Å². The molecule has 3 heteroatoms. The van der Waals surface area contributed by atoms with Crippen LogP contribution in [0.5, 0.6) is 0 Å². The SMILES string of the molecule is CC(C)C(=O)C1CCNC(=O)C1. The van der Waals surface area contributed by atoms with Crippen LogP contribution in [-0.2, 0) is 9.59 Å². The number of hydrogen-bond acceptors (Lipinski definition) is 2. The average Bonchev–Trinajstić information content (AvgIpc) is 2.03. The summed E-state index contributed by atoms with van der Waals surface area (Å²) in [6.45, 7) is 4.42. The van der Waals surface area contributed by atoms with E-state index >= 15 is 0 Å². The van der Waals surface area contributed by atoms with Gasteiger partial charge in [-0.15, -0.1) is 0 Å². The molecular formula is C9H15NO2. The van der Waals surface area contributed by atoms with Crippen LogP contribution in [0.4, 0.5) is 0 Å². The average molecular weight is 169 g/mol. The number of carbonyl (C=O) groups excluding carboxylic acids is 2. The summed E-state index contributed by atoms with van der Waals surface area (Å²) in [5.41, 5.74) is 0. The van der Waals surface area contributed by atoms with Crippen molar-refractivity contribution in [3.05, 3.63) is 0 Å². The molecule has 1 N–H and O–H groups in total. The Morgan fingerprint density at radius 2 is 2.25 bits per heavy atom. The highest BCUT2D eigenvalue weighted by atomic mass is 16.2. The molecule has 12 heavy (non-hydrogen) atoms. The van der Waals surface area contributed by atoms with Gasteiger partial charge >= 0.3 is 0 Å². The topological polar surface area (TPSA) is 46.2 Å². The number of carbonyl (C=O) groups is 2. The van der Waals surface area contributed by atoms with Crippen LogP contribution in [0.15, 0.2) is 0 Å². The fourth-order valence-corrected chi connectivity index (χ4v) is 1.50. The van der Waals surface area contributed by atoms with Gasteiger partial charge in [-0.1, -0.05) is 13.8 Å². The number of nitrogens with one attached hydrogen (secondary N) is 1. The molecule has 1 heterocycles. The number of hydrogen-bond donors (Lipinski definition) is 1. The van der Waals surface area contributed by atoms with E-state index in [1.54, 1.807) is 0 Å². The van der Waals surface area contributed by atoms with Crippen LogP contribution in [0.3, 0.4) is 0 Å². The van der Waals surface area contributed by atoms with Gasteiger partial charge in [-0.2, -0.15) is 0 Å². The Morgan fingerprint density at radius 1 is 1.58 bits per heavy atom. The number of amides is 1. The molecule has 1 atom stereocenters. The molecule has 68 valence electrons. The molecule has 0 saturated carbocycles. The lowest BCUT2D eigenvalue weighted by atomic mass is 9.88. The third kappa shape index (κ3) is 2.06. The fraction of sp³-hybridized carbons (Fsp3) is 0.778. The van der Waals surface area contributed by atoms with Gasteiger partial charge in [0.25, 0.3) is 0 Å². The van der Waals surface area contributed by atoms with Gasteiger partial charge in [0.05, 0.1) is 0 Å². The van der Waals surface area contributed by atoms with Crippen molar-refractivity contribution >= 4 is 11.7 Å². The Morgan fingerprint density at radius 3 is 2.75 bits per heavy atom. The summed E-state index contributed by atoms with van der Waals surface area (Å²) in [7, 11) is 0. The Kier molecular flexibility index (Phi) is 2.84. The zero-order valence-corrected chi connectivity index (χ0v) is 7.59. The van der Waals surface area contributed by atoms with Crippen molar-refractivity contribution in [3.8, 4) is 0 Å². The van der Waals surface area contributed by atoms with E-state index in [9.17, 15) is 9.59 Å². The molecule has 1 unspecified atom stereocenters. The molecule has 1 saturated heterocycles. The lowest BCUT2D eigenvalue weighted by molar-refractivity contribution is -0.132. The smallest absolute Gasteiger partial charge is 0.220 e. The van der Waals surface area contributed by atoms with E-state index in [4.69, 9.17) is 0 Å². The van der Waals surface area contributed by atoms with Gasteiger partial charge in [-0.05, 0) is 6.42 Å². The maximum absolute atomic E-state index is 11.5. The number of Topliss-reactive ketones (excluding diaryl/α,β-unsaturated/α-hetero) is 1. The van der Waals surface area contributed by atoms with Crippen molar-refractivity contribution in [2.45, 2.75) is 26.7 Å². The third-order valence-corrected chi connectivity index (χ3v) is 2.22. The van der Waals surface area contributed by atoms with Crippen LogP contribution >= 0.6 is 0 Å². The first kappa shape index (κ1) is 9.23. The second-order valence-corrected chi connectivity index (χ2v) is 3.60.